The lowest BCUT2D eigenvalue weighted by atomic mass is 10.2. The SMILES string of the molecule is Cc1c(C(=O)N2CCN(C)c3nc4ccccc4nc32)cnn1-c1cccc(Cl)c1. The topological polar surface area (TPSA) is 67.2 Å². The lowest BCUT2D eigenvalue weighted by molar-refractivity contribution is 0.0985. The summed E-state index contributed by atoms with van der Waals surface area (Å²) in [6, 6.07) is 15.1. The number of nitrogens with zero attached hydrogens (tertiary/aromatic N) is 6. The molecule has 2 aromatic carbocycles. The highest BCUT2D eigenvalue weighted by Crippen LogP contribution is 2.32. The third kappa shape index (κ3) is 2.98. The van der Waals surface area contributed by atoms with E-state index in [9.17, 15) is 4.79 Å². The summed E-state index contributed by atoms with van der Waals surface area (Å²) in [5.74, 6) is 1.13. The fourth-order valence-corrected chi connectivity index (χ4v) is 3.90. The molecule has 1 amide bonds. The van der Waals surface area contributed by atoms with Crippen LogP contribution in [-0.2, 0) is 0 Å². The molecule has 0 saturated heterocycles. The zero-order chi connectivity index (χ0) is 20.8. The average Bonchev–Trinajstić information content (AvgIpc) is 3.14. The fourth-order valence-electron chi connectivity index (χ4n) is 3.71. The van der Waals surface area contributed by atoms with Crippen molar-refractivity contribution in [3.8, 4) is 5.69 Å². The van der Waals surface area contributed by atoms with Gasteiger partial charge in [0, 0.05) is 25.2 Å². The first-order valence-corrected chi connectivity index (χ1v) is 10.0. The van der Waals surface area contributed by atoms with Crippen molar-refractivity contribution in [2.45, 2.75) is 6.92 Å². The predicted octanol–water partition coefficient (Wildman–Crippen LogP) is 3.87. The molecule has 2 aromatic heterocycles. The molecular weight excluding hydrogens is 400 g/mol. The Kier molecular flexibility index (Phi) is 4.40. The molecule has 0 N–H and O–H groups in total. The molecule has 0 aliphatic carbocycles. The van der Waals surface area contributed by atoms with Gasteiger partial charge in [-0.2, -0.15) is 5.10 Å². The zero-order valence-corrected chi connectivity index (χ0v) is 17.3. The van der Waals surface area contributed by atoms with Gasteiger partial charge in [-0.25, -0.2) is 14.6 Å². The van der Waals surface area contributed by atoms with Crippen LogP contribution in [0, 0.1) is 6.92 Å². The molecule has 4 aromatic rings. The van der Waals surface area contributed by atoms with Crippen molar-refractivity contribution in [1.82, 2.24) is 19.7 Å². The van der Waals surface area contributed by atoms with E-state index in [1.165, 1.54) is 0 Å². The number of benzene rings is 2. The Morgan fingerprint density at radius 2 is 1.73 bits per heavy atom. The standard InChI is InChI=1S/C22H19ClN6O/c1-14-17(13-24-29(14)16-7-5-6-15(23)12-16)22(30)28-11-10-27(2)20-21(28)26-19-9-4-3-8-18(19)25-20/h3-9,12-13H,10-11H2,1-2H3. The highest BCUT2D eigenvalue weighted by atomic mass is 35.5. The molecule has 1 aliphatic rings. The second-order valence-corrected chi connectivity index (χ2v) is 7.71. The van der Waals surface area contributed by atoms with Gasteiger partial charge in [0.15, 0.2) is 11.6 Å². The van der Waals surface area contributed by atoms with Crippen molar-refractivity contribution in [3.05, 3.63) is 71.0 Å². The van der Waals surface area contributed by atoms with E-state index >= 15 is 0 Å². The summed E-state index contributed by atoms with van der Waals surface area (Å²) in [5.41, 5.74) is 3.65. The maximum Gasteiger partial charge on any atom is 0.263 e. The van der Waals surface area contributed by atoms with Crippen molar-refractivity contribution in [1.29, 1.82) is 0 Å². The van der Waals surface area contributed by atoms with Crippen LogP contribution in [-0.4, -0.2) is 45.8 Å². The molecule has 5 rings (SSSR count). The average molecular weight is 419 g/mol. The number of aromatic nitrogens is 4. The summed E-state index contributed by atoms with van der Waals surface area (Å²) in [7, 11) is 1.96. The van der Waals surface area contributed by atoms with Gasteiger partial charge < -0.3 is 4.90 Å². The first kappa shape index (κ1) is 18.6. The minimum atomic E-state index is -0.139. The van der Waals surface area contributed by atoms with E-state index in [1.807, 2.05) is 61.3 Å². The molecular formula is C22H19ClN6O. The minimum absolute atomic E-state index is 0.139. The van der Waals surface area contributed by atoms with E-state index in [1.54, 1.807) is 21.8 Å². The molecule has 8 heteroatoms. The summed E-state index contributed by atoms with van der Waals surface area (Å²) in [6.07, 6.45) is 1.60. The summed E-state index contributed by atoms with van der Waals surface area (Å²) in [6.45, 7) is 3.08. The van der Waals surface area contributed by atoms with Crippen molar-refractivity contribution < 1.29 is 4.79 Å². The van der Waals surface area contributed by atoms with Gasteiger partial charge in [-0.1, -0.05) is 29.8 Å². The smallest absolute Gasteiger partial charge is 0.263 e. The number of hydrogen-bond donors (Lipinski definition) is 0. The van der Waals surface area contributed by atoms with Crippen LogP contribution in [0.5, 0.6) is 0 Å². The lowest BCUT2D eigenvalue weighted by Gasteiger charge is -2.33. The molecule has 7 nitrogen and oxygen atoms in total. The van der Waals surface area contributed by atoms with Gasteiger partial charge in [-0.15, -0.1) is 0 Å². The molecule has 0 unspecified atom stereocenters. The number of para-hydroxylation sites is 2. The number of anilines is 2. The van der Waals surface area contributed by atoms with Gasteiger partial charge in [-0.3, -0.25) is 9.69 Å². The van der Waals surface area contributed by atoms with Crippen molar-refractivity contribution in [2.75, 3.05) is 29.9 Å². The van der Waals surface area contributed by atoms with Gasteiger partial charge >= 0.3 is 0 Å². The number of amides is 1. The number of likely N-dealkylation sites (N-methyl/N-ethyl adjacent to an activating group) is 1. The Bertz CT molecular complexity index is 1280. The number of carbonyl (C=O) groups is 1. The van der Waals surface area contributed by atoms with E-state index < -0.39 is 0 Å². The monoisotopic (exact) mass is 418 g/mol. The number of fused-ring (bicyclic) bond motifs is 2. The van der Waals surface area contributed by atoms with Gasteiger partial charge in [0.05, 0.1) is 34.2 Å². The Morgan fingerprint density at radius 1 is 1.00 bits per heavy atom. The molecule has 1 aliphatic heterocycles. The second kappa shape index (κ2) is 7.11. The first-order valence-electron chi connectivity index (χ1n) is 9.63. The Balaban J connectivity index is 1.57. The molecule has 0 saturated carbocycles. The largest absolute Gasteiger partial charge is 0.355 e. The maximum atomic E-state index is 13.5. The Hall–Kier alpha value is -3.45. The summed E-state index contributed by atoms with van der Waals surface area (Å²) >= 11 is 6.12. The van der Waals surface area contributed by atoms with Crippen LogP contribution < -0.4 is 9.80 Å². The molecule has 0 fully saturated rings. The van der Waals surface area contributed by atoms with Crippen LogP contribution in [0.2, 0.25) is 5.02 Å². The normalized spacial score (nSPS) is 13.6. The fraction of sp³-hybridized carbons (Fsp3) is 0.182. The summed E-state index contributed by atoms with van der Waals surface area (Å²) in [4.78, 5) is 26.7. The lowest BCUT2D eigenvalue weighted by Crippen LogP contribution is -2.44. The number of halogens is 1. The van der Waals surface area contributed by atoms with Crippen molar-refractivity contribution in [2.24, 2.45) is 0 Å². The van der Waals surface area contributed by atoms with Crippen LogP contribution in [0.3, 0.4) is 0 Å². The van der Waals surface area contributed by atoms with Crippen molar-refractivity contribution >= 4 is 40.2 Å². The van der Waals surface area contributed by atoms with E-state index in [0.717, 1.165) is 22.4 Å². The molecule has 3 heterocycles. The maximum absolute atomic E-state index is 13.5. The number of carbonyl (C=O) groups excluding carboxylic acids is 1. The molecule has 0 radical (unpaired) electrons. The number of hydrogen-bond acceptors (Lipinski definition) is 5. The van der Waals surface area contributed by atoms with Crippen LogP contribution in [0.25, 0.3) is 16.7 Å². The second-order valence-electron chi connectivity index (χ2n) is 7.27. The quantitative estimate of drug-likeness (QED) is 0.494. The van der Waals surface area contributed by atoms with Crippen LogP contribution >= 0.6 is 11.6 Å². The van der Waals surface area contributed by atoms with E-state index in [-0.39, 0.29) is 5.91 Å². The predicted molar refractivity (Wildman–Crippen MR) is 118 cm³/mol. The molecule has 30 heavy (non-hydrogen) atoms. The van der Waals surface area contributed by atoms with Gasteiger partial charge in [0.25, 0.3) is 5.91 Å². The van der Waals surface area contributed by atoms with Gasteiger partial charge in [0.2, 0.25) is 0 Å². The summed E-state index contributed by atoms with van der Waals surface area (Å²) in [5, 5.41) is 5.04. The third-order valence-corrected chi connectivity index (χ3v) is 5.58. The van der Waals surface area contributed by atoms with Crippen LogP contribution in [0.4, 0.5) is 11.6 Å². The first-order chi connectivity index (χ1) is 14.5. The highest BCUT2D eigenvalue weighted by Gasteiger charge is 2.31. The minimum Gasteiger partial charge on any atom is -0.355 e. The van der Waals surface area contributed by atoms with E-state index in [0.29, 0.717) is 35.3 Å². The number of rotatable bonds is 2. The third-order valence-electron chi connectivity index (χ3n) is 5.35. The van der Waals surface area contributed by atoms with E-state index in [4.69, 9.17) is 21.6 Å². The molecule has 150 valence electrons. The summed E-state index contributed by atoms with van der Waals surface area (Å²) < 4.78 is 1.72. The van der Waals surface area contributed by atoms with Crippen LogP contribution in [0.15, 0.2) is 54.7 Å². The molecule has 0 atom stereocenters. The van der Waals surface area contributed by atoms with Crippen LogP contribution in [0.1, 0.15) is 16.1 Å². The van der Waals surface area contributed by atoms with Gasteiger partial charge in [0.1, 0.15) is 0 Å². The Labute approximate surface area is 178 Å². The zero-order valence-electron chi connectivity index (χ0n) is 16.6. The molecule has 0 spiro atoms. The highest BCUT2D eigenvalue weighted by molar-refractivity contribution is 6.30. The Morgan fingerprint density at radius 3 is 2.47 bits per heavy atom. The van der Waals surface area contributed by atoms with E-state index in [2.05, 4.69) is 5.10 Å². The van der Waals surface area contributed by atoms with Gasteiger partial charge in [-0.05, 0) is 37.3 Å². The molecule has 0 bridgehead atoms. The van der Waals surface area contributed by atoms with Crippen molar-refractivity contribution in [3.63, 3.8) is 0 Å².